The van der Waals surface area contributed by atoms with E-state index in [9.17, 15) is 27.1 Å². The van der Waals surface area contributed by atoms with Crippen LogP contribution in [0.4, 0.5) is 20.2 Å². The second kappa shape index (κ2) is 9.32. The Kier molecular flexibility index (Phi) is 6.29. The van der Waals surface area contributed by atoms with Crippen LogP contribution in [0.1, 0.15) is 10.4 Å². The fourth-order valence-electron chi connectivity index (χ4n) is 3.28. The van der Waals surface area contributed by atoms with Crippen molar-refractivity contribution in [3.63, 3.8) is 0 Å². The first kappa shape index (κ1) is 22.9. The molecular weight excluding hydrogens is 462 g/mol. The van der Waals surface area contributed by atoms with Gasteiger partial charge >= 0.3 is 0 Å². The van der Waals surface area contributed by atoms with Crippen LogP contribution in [0.3, 0.4) is 0 Å². The lowest BCUT2D eigenvalue weighted by Gasteiger charge is -2.13. The molecule has 34 heavy (non-hydrogen) atoms. The van der Waals surface area contributed by atoms with E-state index < -0.39 is 38.2 Å². The molecule has 0 heterocycles. The number of anilines is 2. The SMILES string of the molecule is O=C(Nc1ccc(O)c(NS(=O)(=O)c2c(F)cccc2F)c1)c1ccc(-c2ccccc2)cc1. The number of phenolic OH excluding ortho intramolecular Hbond substituents is 1. The number of amides is 1. The number of sulfonamides is 1. The van der Waals surface area contributed by atoms with Gasteiger partial charge in [0, 0.05) is 11.3 Å². The first-order valence-corrected chi connectivity index (χ1v) is 11.5. The molecule has 0 atom stereocenters. The van der Waals surface area contributed by atoms with Crippen LogP contribution in [0.2, 0.25) is 0 Å². The number of halogens is 2. The van der Waals surface area contributed by atoms with E-state index in [1.54, 1.807) is 24.3 Å². The summed E-state index contributed by atoms with van der Waals surface area (Å²) in [5, 5.41) is 12.6. The summed E-state index contributed by atoms with van der Waals surface area (Å²) in [5.41, 5.74) is 2.07. The van der Waals surface area contributed by atoms with Gasteiger partial charge in [0.2, 0.25) is 0 Å². The van der Waals surface area contributed by atoms with Crippen LogP contribution >= 0.6 is 0 Å². The second-order valence-electron chi connectivity index (χ2n) is 7.29. The lowest BCUT2D eigenvalue weighted by Crippen LogP contribution is -2.17. The van der Waals surface area contributed by atoms with Crippen molar-refractivity contribution in [3.05, 3.63) is 108 Å². The fourth-order valence-corrected chi connectivity index (χ4v) is 4.48. The average molecular weight is 480 g/mol. The molecule has 4 rings (SSSR count). The fraction of sp³-hybridized carbons (Fsp3) is 0. The lowest BCUT2D eigenvalue weighted by molar-refractivity contribution is 0.102. The van der Waals surface area contributed by atoms with Gasteiger partial charge in [-0.2, -0.15) is 0 Å². The summed E-state index contributed by atoms with van der Waals surface area (Å²) in [6.07, 6.45) is 0. The van der Waals surface area contributed by atoms with Crippen molar-refractivity contribution >= 4 is 27.3 Å². The molecule has 0 aliphatic heterocycles. The van der Waals surface area contributed by atoms with Gasteiger partial charge in [-0.3, -0.25) is 9.52 Å². The highest BCUT2D eigenvalue weighted by molar-refractivity contribution is 7.92. The zero-order valence-electron chi connectivity index (χ0n) is 17.5. The Balaban J connectivity index is 1.54. The van der Waals surface area contributed by atoms with Crippen molar-refractivity contribution < 1.29 is 27.1 Å². The Morgan fingerprint density at radius 1 is 0.765 bits per heavy atom. The first-order chi connectivity index (χ1) is 16.2. The van der Waals surface area contributed by atoms with E-state index in [0.29, 0.717) is 5.56 Å². The number of carbonyl (C=O) groups is 1. The van der Waals surface area contributed by atoms with Crippen LogP contribution < -0.4 is 10.0 Å². The Labute approximate surface area is 194 Å². The molecule has 172 valence electrons. The lowest BCUT2D eigenvalue weighted by atomic mass is 10.0. The summed E-state index contributed by atoms with van der Waals surface area (Å²) in [4.78, 5) is 11.5. The minimum absolute atomic E-state index is 0.154. The molecule has 9 heteroatoms. The number of nitrogens with one attached hydrogen (secondary N) is 2. The summed E-state index contributed by atoms with van der Waals surface area (Å²) >= 11 is 0. The molecule has 0 aliphatic carbocycles. The zero-order valence-corrected chi connectivity index (χ0v) is 18.3. The molecule has 0 radical (unpaired) electrons. The normalized spacial score (nSPS) is 11.1. The van der Waals surface area contributed by atoms with Crippen LogP contribution in [0.5, 0.6) is 5.75 Å². The maximum atomic E-state index is 13.9. The minimum Gasteiger partial charge on any atom is -0.506 e. The third kappa shape index (κ3) is 4.89. The quantitative estimate of drug-likeness (QED) is 0.255. The van der Waals surface area contributed by atoms with Crippen LogP contribution in [0, 0.1) is 11.6 Å². The van der Waals surface area contributed by atoms with Crippen molar-refractivity contribution in [2.75, 3.05) is 10.0 Å². The number of hydrogen-bond donors (Lipinski definition) is 3. The first-order valence-electron chi connectivity index (χ1n) is 10.0. The molecule has 0 spiro atoms. The van der Waals surface area contributed by atoms with Crippen molar-refractivity contribution in [2.24, 2.45) is 0 Å². The minimum atomic E-state index is -4.70. The molecule has 0 saturated carbocycles. The van der Waals surface area contributed by atoms with Gasteiger partial charge in [0.1, 0.15) is 17.4 Å². The van der Waals surface area contributed by atoms with E-state index in [-0.39, 0.29) is 11.4 Å². The Morgan fingerprint density at radius 2 is 1.38 bits per heavy atom. The highest BCUT2D eigenvalue weighted by atomic mass is 32.2. The third-order valence-electron chi connectivity index (χ3n) is 4.94. The molecule has 0 fully saturated rings. The Bertz CT molecular complexity index is 1440. The van der Waals surface area contributed by atoms with Gasteiger partial charge in [-0.25, -0.2) is 17.2 Å². The van der Waals surface area contributed by atoms with Crippen LogP contribution in [-0.2, 0) is 10.0 Å². The Hall–Kier alpha value is -4.24. The van der Waals surface area contributed by atoms with Crippen molar-refractivity contribution in [2.45, 2.75) is 4.90 Å². The number of carbonyl (C=O) groups excluding carboxylic acids is 1. The highest BCUT2D eigenvalue weighted by Crippen LogP contribution is 2.30. The molecule has 0 aromatic heterocycles. The number of benzene rings is 4. The van der Waals surface area contributed by atoms with Gasteiger partial charge in [-0.05, 0) is 53.6 Å². The molecule has 0 unspecified atom stereocenters. The van der Waals surface area contributed by atoms with Crippen LogP contribution in [0.15, 0.2) is 95.9 Å². The number of aromatic hydroxyl groups is 1. The summed E-state index contributed by atoms with van der Waals surface area (Å²) in [6.45, 7) is 0. The van der Waals surface area contributed by atoms with Gasteiger partial charge in [0.05, 0.1) is 5.69 Å². The smallest absolute Gasteiger partial charge is 0.267 e. The van der Waals surface area contributed by atoms with E-state index in [4.69, 9.17) is 0 Å². The predicted molar refractivity (Wildman–Crippen MR) is 125 cm³/mol. The number of phenols is 1. The third-order valence-corrected chi connectivity index (χ3v) is 6.36. The van der Waals surface area contributed by atoms with Crippen LogP contribution in [-0.4, -0.2) is 19.4 Å². The van der Waals surface area contributed by atoms with Gasteiger partial charge in [0.25, 0.3) is 15.9 Å². The molecule has 0 bridgehead atoms. The molecule has 4 aromatic rings. The van der Waals surface area contributed by atoms with E-state index in [1.807, 2.05) is 35.1 Å². The van der Waals surface area contributed by atoms with Crippen LogP contribution in [0.25, 0.3) is 11.1 Å². The van der Waals surface area contributed by atoms with Gasteiger partial charge in [-0.15, -0.1) is 0 Å². The summed E-state index contributed by atoms with van der Waals surface area (Å²) < 4.78 is 54.9. The molecule has 4 aromatic carbocycles. The summed E-state index contributed by atoms with van der Waals surface area (Å²) in [5.74, 6) is -3.53. The monoisotopic (exact) mass is 480 g/mol. The summed E-state index contributed by atoms with van der Waals surface area (Å²) in [6, 6.07) is 22.8. The highest BCUT2D eigenvalue weighted by Gasteiger charge is 2.25. The topological polar surface area (TPSA) is 95.5 Å². The van der Waals surface area contributed by atoms with Crippen molar-refractivity contribution in [3.8, 4) is 16.9 Å². The van der Waals surface area contributed by atoms with Gasteiger partial charge < -0.3 is 10.4 Å². The molecule has 1 amide bonds. The van der Waals surface area contributed by atoms with Gasteiger partial charge in [-0.1, -0.05) is 48.5 Å². The van der Waals surface area contributed by atoms with Gasteiger partial charge in [0.15, 0.2) is 4.90 Å². The number of hydrogen-bond acceptors (Lipinski definition) is 4. The summed E-state index contributed by atoms with van der Waals surface area (Å²) in [7, 11) is -4.70. The maximum Gasteiger partial charge on any atom is 0.267 e. The van der Waals surface area contributed by atoms with E-state index in [2.05, 4.69) is 5.32 Å². The Morgan fingerprint density at radius 3 is 2.03 bits per heavy atom. The van der Waals surface area contributed by atoms with E-state index >= 15 is 0 Å². The average Bonchev–Trinajstić information content (AvgIpc) is 2.81. The molecule has 0 aliphatic rings. The molecule has 3 N–H and O–H groups in total. The molecular formula is C25H18F2N2O4S. The maximum absolute atomic E-state index is 13.9. The second-order valence-corrected chi connectivity index (χ2v) is 8.90. The largest absolute Gasteiger partial charge is 0.506 e. The number of rotatable bonds is 6. The predicted octanol–water partition coefficient (Wildman–Crippen LogP) is 5.39. The van der Waals surface area contributed by atoms with Crippen molar-refractivity contribution in [1.29, 1.82) is 0 Å². The molecule has 0 saturated heterocycles. The van der Waals surface area contributed by atoms with E-state index in [0.717, 1.165) is 41.5 Å². The van der Waals surface area contributed by atoms with E-state index in [1.165, 1.54) is 6.07 Å². The van der Waals surface area contributed by atoms with Crippen molar-refractivity contribution in [1.82, 2.24) is 0 Å². The standard InChI is InChI=1S/C25H18F2N2O4S/c26-20-7-4-8-21(27)24(20)34(32,33)29-22-15-19(13-14-23(22)30)28-25(31)18-11-9-17(10-12-18)16-5-2-1-3-6-16/h1-15,29-30H,(H,28,31). The zero-order chi connectivity index (χ0) is 24.3. The molecule has 6 nitrogen and oxygen atoms in total.